The second-order valence-electron chi connectivity index (χ2n) is 8.88. The number of hydrogen-bond donors (Lipinski definition) is 1. The molecule has 2 aromatic heterocycles. The molecule has 0 radical (unpaired) electrons. The molecule has 1 unspecified atom stereocenters. The number of rotatable bonds is 6. The van der Waals surface area contributed by atoms with E-state index in [0.717, 1.165) is 11.1 Å². The van der Waals surface area contributed by atoms with Gasteiger partial charge in [0, 0.05) is 12.1 Å². The van der Waals surface area contributed by atoms with Crippen molar-refractivity contribution in [3.63, 3.8) is 0 Å². The van der Waals surface area contributed by atoms with Crippen LogP contribution in [-0.4, -0.2) is 47.7 Å². The van der Waals surface area contributed by atoms with Gasteiger partial charge in [0.05, 0.1) is 47.0 Å². The molecule has 1 atom stereocenters. The highest BCUT2D eigenvalue weighted by molar-refractivity contribution is 7.91. The topological polar surface area (TPSA) is 103 Å². The molecule has 0 spiro atoms. The summed E-state index contributed by atoms with van der Waals surface area (Å²) in [5.41, 5.74) is 3.47. The van der Waals surface area contributed by atoms with Crippen LogP contribution in [0.5, 0.6) is 5.75 Å². The van der Waals surface area contributed by atoms with E-state index in [-0.39, 0.29) is 35.8 Å². The summed E-state index contributed by atoms with van der Waals surface area (Å²) in [6.45, 7) is 2.00. The molecule has 1 amide bonds. The molecule has 1 N–H and O–H groups in total. The molecule has 1 aliphatic heterocycles. The number of nitrogens with one attached hydrogen (secondary N) is 1. The van der Waals surface area contributed by atoms with E-state index in [1.165, 1.54) is 12.1 Å². The number of aromatic nitrogens is 3. The van der Waals surface area contributed by atoms with E-state index in [1.807, 2.05) is 24.3 Å². The van der Waals surface area contributed by atoms with Crippen LogP contribution in [0.15, 0.2) is 54.6 Å². The number of sulfone groups is 1. The average Bonchev–Trinajstić information content (AvgIpc) is 3.41. The number of aryl methyl sites for hydroxylation is 1. The van der Waals surface area contributed by atoms with Crippen LogP contribution in [0, 0.1) is 12.7 Å². The van der Waals surface area contributed by atoms with E-state index in [9.17, 15) is 17.6 Å². The van der Waals surface area contributed by atoms with Gasteiger partial charge in [-0.3, -0.25) is 4.79 Å². The van der Waals surface area contributed by atoms with Crippen molar-refractivity contribution >= 4 is 26.8 Å². The van der Waals surface area contributed by atoms with Crippen LogP contribution >= 0.6 is 0 Å². The van der Waals surface area contributed by atoms with E-state index in [4.69, 9.17) is 9.72 Å². The number of nitrogens with zero attached hydrogens (tertiary/aromatic N) is 3. The van der Waals surface area contributed by atoms with E-state index >= 15 is 0 Å². The van der Waals surface area contributed by atoms with Gasteiger partial charge < -0.3 is 10.1 Å². The summed E-state index contributed by atoms with van der Waals surface area (Å²) in [7, 11) is -1.58. The van der Waals surface area contributed by atoms with Crippen molar-refractivity contribution < 1.29 is 22.3 Å². The van der Waals surface area contributed by atoms with Crippen LogP contribution in [-0.2, 0) is 16.4 Å². The van der Waals surface area contributed by atoms with Gasteiger partial charge in [-0.05, 0) is 49.2 Å². The fourth-order valence-electron chi connectivity index (χ4n) is 4.53. The minimum absolute atomic E-state index is 0.0135. The van der Waals surface area contributed by atoms with Crippen LogP contribution in [0.3, 0.4) is 0 Å². The lowest BCUT2D eigenvalue weighted by atomic mass is 10.0. The van der Waals surface area contributed by atoms with Gasteiger partial charge in [0.25, 0.3) is 5.91 Å². The summed E-state index contributed by atoms with van der Waals surface area (Å²) in [5.74, 6) is 0.0423. The smallest absolute Gasteiger partial charge is 0.252 e. The van der Waals surface area contributed by atoms with Crippen LogP contribution < -0.4 is 10.1 Å². The first-order valence-corrected chi connectivity index (χ1v) is 13.3. The fourth-order valence-corrected chi connectivity index (χ4v) is 6.22. The number of methoxy groups -OCH3 is 1. The predicted octanol–water partition coefficient (Wildman–Crippen LogP) is 3.84. The molecule has 0 aliphatic carbocycles. The lowest BCUT2D eigenvalue weighted by Crippen LogP contribution is -2.23. The summed E-state index contributed by atoms with van der Waals surface area (Å²) < 4.78 is 44.6. The highest BCUT2D eigenvalue weighted by atomic mass is 32.2. The Morgan fingerprint density at radius 1 is 1.19 bits per heavy atom. The normalized spacial score (nSPS) is 16.8. The first-order valence-electron chi connectivity index (χ1n) is 11.5. The van der Waals surface area contributed by atoms with E-state index in [0.29, 0.717) is 40.2 Å². The van der Waals surface area contributed by atoms with Gasteiger partial charge in [0.15, 0.2) is 15.5 Å². The van der Waals surface area contributed by atoms with E-state index < -0.39 is 9.84 Å². The third-order valence-corrected chi connectivity index (χ3v) is 8.12. The Labute approximate surface area is 208 Å². The van der Waals surface area contributed by atoms with Crippen molar-refractivity contribution in [3.05, 3.63) is 77.2 Å². The zero-order valence-electron chi connectivity index (χ0n) is 19.9. The van der Waals surface area contributed by atoms with Gasteiger partial charge in [-0.1, -0.05) is 24.3 Å². The highest BCUT2D eigenvalue weighted by Crippen LogP contribution is 2.32. The number of carbonyl (C=O) groups is 1. The monoisotopic (exact) mass is 508 g/mol. The molecule has 8 nitrogen and oxygen atoms in total. The average molecular weight is 509 g/mol. The fraction of sp³-hybridized carbons (Fsp3) is 0.269. The minimum atomic E-state index is -3.15. The van der Waals surface area contributed by atoms with Crippen molar-refractivity contribution in [3.8, 4) is 17.0 Å². The second-order valence-corrected chi connectivity index (χ2v) is 11.1. The number of carbonyl (C=O) groups excluding carboxylic acids is 1. The zero-order valence-corrected chi connectivity index (χ0v) is 20.7. The van der Waals surface area contributed by atoms with Gasteiger partial charge >= 0.3 is 0 Å². The Balaban J connectivity index is 1.61. The summed E-state index contributed by atoms with van der Waals surface area (Å²) >= 11 is 0. The number of pyridine rings is 1. The van der Waals surface area contributed by atoms with Crippen LogP contribution in [0.25, 0.3) is 22.3 Å². The van der Waals surface area contributed by atoms with E-state index in [2.05, 4.69) is 10.4 Å². The van der Waals surface area contributed by atoms with Crippen LogP contribution in [0.2, 0.25) is 0 Å². The largest absolute Gasteiger partial charge is 0.497 e. The van der Waals surface area contributed by atoms with Crippen molar-refractivity contribution in [1.82, 2.24) is 20.1 Å². The summed E-state index contributed by atoms with van der Waals surface area (Å²) in [4.78, 5) is 18.3. The molecule has 1 fully saturated rings. The molecule has 2 aromatic carbocycles. The molecule has 186 valence electrons. The molecule has 1 aliphatic rings. The Morgan fingerprint density at radius 3 is 2.67 bits per heavy atom. The quantitative estimate of drug-likeness (QED) is 0.425. The third kappa shape index (κ3) is 4.68. The lowest BCUT2D eigenvalue weighted by molar-refractivity contribution is 0.0952. The minimum Gasteiger partial charge on any atom is -0.497 e. The summed E-state index contributed by atoms with van der Waals surface area (Å²) in [6, 6.07) is 14.6. The molecule has 3 heterocycles. The predicted molar refractivity (Wildman–Crippen MR) is 134 cm³/mol. The number of hydrogen-bond acceptors (Lipinski definition) is 6. The molecule has 1 saturated heterocycles. The van der Waals surface area contributed by atoms with Gasteiger partial charge in [0.2, 0.25) is 0 Å². The van der Waals surface area contributed by atoms with Crippen LogP contribution in [0.4, 0.5) is 4.39 Å². The Bertz CT molecular complexity index is 1570. The van der Waals surface area contributed by atoms with Gasteiger partial charge in [-0.25, -0.2) is 22.5 Å². The maximum Gasteiger partial charge on any atom is 0.252 e. The van der Waals surface area contributed by atoms with Crippen molar-refractivity contribution in [2.45, 2.75) is 25.9 Å². The number of amides is 1. The van der Waals surface area contributed by atoms with Crippen molar-refractivity contribution in [2.75, 3.05) is 18.6 Å². The Kier molecular flexibility index (Phi) is 6.21. The molecule has 10 heteroatoms. The summed E-state index contributed by atoms with van der Waals surface area (Å²) in [6.07, 6.45) is 0.440. The van der Waals surface area contributed by atoms with E-state index in [1.54, 1.807) is 36.9 Å². The SMILES string of the molecule is COc1cccc(-c2cc(C(=O)NCc3ccc(F)cc3)c3c(C)nn(C4CCS(=O)(=O)C4)c3n2)c1. The molecule has 5 rings (SSSR count). The van der Waals surface area contributed by atoms with Gasteiger partial charge in [-0.15, -0.1) is 0 Å². The highest BCUT2D eigenvalue weighted by Gasteiger charge is 2.32. The van der Waals surface area contributed by atoms with Crippen molar-refractivity contribution in [1.29, 1.82) is 0 Å². The molecule has 0 saturated carbocycles. The molecule has 4 aromatic rings. The molecular weight excluding hydrogens is 483 g/mol. The van der Waals surface area contributed by atoms with Gasteiger partial charge in [0.1, 0.15) is 11.6 Å². The van der Waals surface area contributed by atoms with Crippen LogP contribution in [0.1, 0.15) is 34.1 Å². The second kappa shape index (κ2) is 9.34. The lowest BCUT2D eigenvalue weighted by Gasteiger charge is -2.13. The molecule has 36 heavy (non-hydrogen) atoms. The number of fused-ring (bicyclic) bond motifs is 1. The molecule has 0 bridgehead atoms. The standard InChI is InChI=1S/C26H25FN4O4S/c1-16-24-22(26(32)28-14-17-6-8-19(27)9-7-17)13-23(18-4-3-5-21(12-18)35-2)29-25(24)31(30-16)20-10-11-36(33,34)15-20/h3-9,12-13,20H,10-11,14-15H2,1-2H3,(H,28,32). The number of ether oxygens (including phenoxy) is 1. The maximum absolute atomic E-state index is 13.4. The number of halogens is 1. The van der Waals surface area contributed by atoms with Gasteiger partial charge in [-0.2, -0.15) is 5.10 Å². The zero-order chi connectivity index (χ0) is 25.4. The maximum atomic E-state index is 13.4. The van der Waals surface area contributed by atoms with Crippen molar-refractivity contribution in [2.24, 2.45) is 0 Å². The Hall–Kier alpha value is -3.79. The summed E-state index contributed by atoms with van der Waals surface area (Å²) in [5, 5.41) is 8.09. The first kappa shape index (κ1) is 23.9. The number of benzene rings is 2. The third-order valence-electron chi connectivity index (χ3n) is 6.37. The molecular formula is C26H25FN4O4S. The Morgan fingerprint density at radius 2 is 1.97 bits per heavy atom. The first-order chi connectivity index (χ1) is 17.2.